The topological polar surface area (TPSA) is 32.3 Å². The Labute approximate surface area is 90.1 Å². The zero-order valence-corrected chi connectivity index (χ0v) is 9.16. The molecule has 0 aliphatic carbocycles. The van der Waals surface area contributed by atoms with E-state index in [1.165, 1.54) is 0 Å². The molecule has 2 rings (SSSR count). The summed E-state index contributed by atoms with van der Waals surface area (Å²) in [6, 6.07) is 7.94. The number of piperazine rings is 1. The van der Waals surface area contributed by atoms with Crippen LogP contribution in [0.25, 0.3) is 0 Å². The van der Waals surface area contributed by atoms with Gasteiger partial charge in [0.1, 0.15) is 0 Å². The van der Waals surface area contributed by atoms with Gasteiger partial charge in [-0.05, 0) is 25.5 Å². The smallest absolute Gasteiger partial charge is 0.243 e. The van der Waals surface area contributed by atoms with E-state index in [1.807, 2.05) is 43.0 Å². The summed E-state index contributed by atoms with van der Waals surface area (Å²) in [5.41, 5.74) is 2.19. The zero-order chi connectivity index (χ0) is 10.8. The van der Waals surface area contributed by atoms with Crippen molar-refractivity contribution in [1.82, 2.24) is 5.32 Å². The van der Waals surface area contributed by atoms with Crippen LogP contribution in [0.4, 0.5) is 5.69 Å². The number of benzene rings is 1. The zero-order valence-electron chi connectivity index (χ0n) is 9.16. The van der Waals surface area contributed by atoms with Crippen LogP contribution in [0.5, 0.6) is 0 Å². The number of hydrogen-bond acceptors (Lipinski definition) is 2. The summed E-state index contributed by atoms with van der Waals surface area (Å²) in [7, 11) is 0. The minimum absolute atomic E-state index is 0.0710. The van der Waals surface area contributed by atoms with E-state index in [-0.39, 0.29) is 11.9 Å². The maximum Gasteiger partial charge on any atom is 0.243 e. The van der Waals surface area contributed by atoms with Gasteiger partial charge in [-0.2, -0.15) is 0 Å². The maximum absolute atomic E-state index is 11.9. The van der Waals surface area contributed by atoms with E-state index in [9.17, 15) is 4.79 Å². The van der Waals surface area contributed by atoms with Gasteiger partial charge >= 0.3 is 0 Å². The van der Waals surface area contributed by atoms with E-state index in [4.69, 9.17) is 0 Å². The predicted molar refractivity (Wildman–Crippen MR) is 61.0 cm³/mol. The van der Waals surface area contributed by atoms with Gasteiger partial charge < -0.3 is 10.2 Å². The predicted octanol–water partition coefficient (Wildman–Crippen LogP) is 1.32. The Morgan fingerprint density at radius 2 is 2.13 bits per heavy atom. The van der Waals surface area contributed by atoms with Crippen LogP contribution in [0.2, 0.25) is 0 Å². The Morgan fingerprint density at radius 3 is 2.87 bits per heavy atom. The second-order valence-electron chi connectivity index (χ2n) is 3.95. The number of nitrogens with one attached hydrogen (secondary N) is 1. The van der Waals surface area contributed by atoms with Gasteiger partial charge in [-0.1, -0.05) is 18.2 Å². The third kappa shape index (κ3) is 1.88. The molecule has 0 radical (unpaired) electrons. The first-order chi connectivity index (χ1) is 7.20. The number of nitrogens with zero attached hydrogens (tertiary/aromatic N) is 1. The van der Waals surface area contributed by atoms with Gasteiger partial charge in [-0.3, -0.25) is 4.79 Å². The molecule has 80 valence electrons. The van der Waals surface area contributed by atoms with E-state index < -0.39 is 0 Å². The summed E-state index contributed by atoms with van der Waals surface area (Å²) >= 11 is 0. The van der Waals surface area contributed by atoms with Crippen LogP contribution < -0.4 is 10.2 Å². The van der Waals surface area contributed by atoms with Crippen LogP contribution in [0.1, 0.15) is 12.5 Å². The van der Waals surface area contributed by atoms with Crippen LogP contribution in [0.3, 0.4) is 0 Å². The quantitative estimate of drug-likeness (QED) is 0.748. The first kappa shape index (κ1) is 10.2. The van der Waals surface area contributed by atoms with E-state index in [0.29, 0.717) is 0 Å². The summed E-state index contributed by atoms with van der Waals surface area (Å²) in [6.45, 7) is 5.57. The van der Waals surface area contributed by atoms with Crippen LogP contribution in [0.15, 0.2) is 24.3 Å². The highest BCUT2D eigenvalue weighted by Gasteiger charge is 2.26. The average Bonchev–Trinajstić information content (AvgIpc) is 2.23. The SMILES string of the molecule is Cc1ccccc1N1CCNC(C)C1=O. The van der Waals surface area contributed by atoms with Gasteiger partial charge in [-0.15, -0.1) is 0 Å². The molecule has 0 spiro atoms. The molecule has 1 aromatic carbocycles. The summed E-state index contributed by atoms with van der Waals surface area (Å²) in [5.74, 6) is 0.163. The number of aryl methyl sites for hydroxylation is 1. The Hall–Kier alpha value is -1.35. The van der Waals surface area contributed by atoms with Crippen LogP contribution in [-0.4, -0.2) is 25.0 Å². The number of anilines is 1. The second-order valence-corrected chi connectivity index (χ2v) is 3.95. The van der Waals surface area contributed by atoms with Crippen LogP contribution >= 0.6 is 0 Å². The highest BCUT2D eigenvalue weighted by molar-refractivity contribution is 5.98. The van der Waals surface area contributed by atoms with Gasteiger partial charge in [0.15, 0.2) is 0 Å². The van der Waals surface area contributed by atoms with E-state index >= 15 is 0 Å². The minimum Gasteiger partial charge on any atom is -0.310 e. The van der Waals surface area contributed by atoms with Crippen molar-refractivity contribution in [2.45, 2.75) is 19.9 Å². The third-order valence-corrected chi connectivity index (χ3v) is 2.83. The molecule has 1 aromatic rings. The molecule has 1 aliphatic rings. The van der Waals surface area contributed by atoms with Crippen molar-refractivity contribution >= 4 is 11.6 Å². The van der Waals surface area contributed by atoms with Gasteiger partial charge in [0.05, 0.1) is 6.04 Å². The fourth-order valence-corrected chi connectivity index (χ4v) is 1.93. The van der Waals surface area contributed by atoms with Crippen molar-refractivity contribution in [2.75, 3.05) is 18.0 Å². The molecule has 1 saturated heterocycles. The molecule has 1 fully saturated rings. The van der Waals surface area contributed by atoms with Gasteiger partial charge in [0.25, 0.3) is 0 Å². The number of hydrogen-bond donors (Lipinski definition) is 1. The van der Waals surface area contributed by atoms with E-state index in [2.05, 4.69) is 5.32 Å². The van der Waals surface area contributed by atoms with Crippen molar-refractivity contribution in [2.24, 2.45) is 0 Å². The molecular formula is C12H16N2O. The monoisotopic (exact) mass is 204 g/mol. The lowest BCUT2D eigenvalue weighted by Crippen LogP contribution is -2.54. The Kier molecular flexibility index (Phi) is 2.73. The number of rotatable bonds is 1. The van der Waals surface area contributed by atoms with E-state index in [0.717, 1.165) is 24.3 Å². The Bertz CT molecular complexity index is 376. The maximum atomic E-state index is 11.9. The summed E-state index contributed by atoms with van der Waals surface area (Å²) < 4.78 is 0. The lowest BCUT2D eigenvalue weighted by molar-refractivity contribution is -0.121. The molecule has 1 unspecified atom stereocenters. The Morgan fingerprint density at radius 1 is 1.40 bits per heavy atom. The number of para-hydroxylation sites is 1. The molecule has 3 nitrogen and oxygen atoms in total. The van der Waals surface area contributed by atoms with Crippen molar-refractivity contribution in [1.29, 1.82) is 0 Å². The molecule has 1 aliphatic heterocycles. The molecule has 1 amide bonds. The second kappa shape index (κ2) is 4.03. The van der Waals surface area contributed by atoms with Crippen LogP contribution in [0, 0.1) is 6.92 Å². The summed E-state index contributed by atoms with van der Waals surface area (Å²) in [4.78, 5) is 13.8. The lowest BCUT2D eigenvalue weighted by Gasteiger charge is -2.32. The van der Waals surface area contributed by atoms with Gasteiger partial charge in [0, 0.05) is 18.8 Å². The molecule has 1 heterocycles. The highest BCUT2D eigenvalue weighted by Crippen LogP contribution is 2.21. The first-order valence-electron chi connectivity index (χ1n) is 5.30. The largest absolute Gasteiger partial charge is 0.310 e. The van der Waals surface area contributed by atoms with Crippen molar-refractivity contribution in [3.05, 3.63) is 29.8 Å². The summed E-state index contributed by atoms with van der Waals surface area (Å²) in [5, 5.41) is 3.16. The Balaban J connectivity index is 2.30. The van der Waals surface area contributed by atoms with Crippen molar-refractivity contribution in [3.8, 4) is 0 Å². The third-order valence-electron chi connectivity index (χ3n) is 2.83. The highest BCUT2D eigenvalue weighted by atomic mass is 16.2. The first-order valence-corrected chi connectivity index (χ1v) is 5.30. The average molecular weight is 204 g/mol. The van der Waals surface area contributed by atoms with Crippen molar-refractivity contribution < 1.29 is 4.79 Å². The molecule has 15 heavy (non-hydrogen) atoms. The number of carbonyl (C=O) groups excluding carboxylic acids is 1. The fraction of sp³-hybridized carbons (Fsp3) is 0.417. The van der Waals surface area contributed by atoms with E-state index in [1.54, 1.807) is 0 Å². The fourth-order valence-electron chi connectivity index (χ4n) is 1.93. The normalized spacial score (nSPS) is 21.9. The van der Waals surface area contributed by atoms with Gasteiger partial charge in [0.2, 0.25) is 5.91 Å². The molecule has 0 bridgehead atoms. The van der Waals surface area contributed by atoms with Crippen LogP contribution in [-0.2, 0) is 4.79 Å². The van der Waals surface area contributed by atoms with Crippen molar-refractivity contribution in [3.63, 3.8) is 0 Å². The number of amides is 1. The number of carbonyl (C=O) groups is 1. The molecule has 3 heteroatoms. The molecular weight excluding hydrogens is 188 g/mol. The van der Waals surface area contributed by atoms with Gasteiger partial charge in [-0.25, -0.2) is 0 Å². The molecule has 1 atom stereocenters. The molecule has 0 aromatic heterocycles. The molecule has 1 N–H and O–H groups in total. The molecule has 0 saturated carbocycles. The minimum atomic E-state index is -0.0710. The standard InChI is InChI=1S/C12H16N2O/c1-9-5-3-4-6-11(9)14-8-7-13-10(2)12(14)15/h3-6,10,13H,7-8H2,1-2H3. The summed E-state index contributed by atoms with van der Waals surface area (Å²) in [6.07, 6.45) is 0. The lowest BCUT2D eigenvalue weighted by atomic mass is 10.1.